The molecule has 2 rings (SSSR count). The molecule has 26 heavy (non-hydrogen) atoms. The van der Waals surface area contributed by atoms with Crippen molar-refractivity contribution in [1.29, 1.82) is 0 Å². The molecule has 0 atom stereocenters. The van der Waals surface area contributed by atoms with E-state index in [0.29, 0.717) is 41.0 Å². The van der Waals surface area contributed by atoms with E-state index in [9.17, 15) is 4.79 Å². The second kappa shape index (κ2) is 10.5. The Labute approximate surface area is 161 Å². The first-order valence-corrected chi connectivity index (χ1v) is 8.52. The van der Waals surface area contributed by atoms with Gasteiger partial charge >= 0.3 is 6.09 Å². The summed E-state index contributed by atoms with van der Waals surface area (Å²) in [6.07, 6.45) is 1.35. The minimum Gasteiger partial charge on any atom is -0.493 e. The van der Waals surface area contributed by atoms with Crippen molar-refractivity contribution in [2.45, 2.75) is 6.42 Å². The molecule has 6 nitrogen and oxygen atoms in total. The van der Waals surface area contributed by atoms with Gasteiger partial charge in [0.15, 0.2) is 0 Å². The monoisotopic (exact) mass is 396 g/mol. The zero-order valence-corrected chi connectivity index (χ0v) is 15.6. The minimum absolute atomic E-state index is 0.348. The molecule has 0 bridgehead atoms. The summed E-state index contributed by atoms with van der Waals surface area (Å²) in [6, 6.07) is 12.7. The molecule has 138 valence electrons. The number of carbonyl (C=O) groups excluding carboxylic acids is 1. The summed E-state index contributed by atoms with van der Waals surface area (Å²) < 4.78 is 15.8. The second-order valence-corrected chi connectivity index (χ2v) is 5.87. The topological polar surface area (TPSA) is 69.2 Å². The third kappa shape index (κ3) is 6.46. The normalized spacial score (nSPS) is 10.6. The molecule has 0 fully saturated rings. The van der Waals surface area contributed by atoms with Gasteiger partial charge in [-0.25, -0.2) is 10.2 Å². The molecule has 1 N–H and O–H groups in total. The molecular weight excluding hydrogens is 379 g/mol. The largest absolute Gasteiger partial charge is 0.493 e. The minimum atomic E-state index is -0.685. The van der Waals surface area contributed by atoms with Crippen LogP contribution in [0.1, 0.15) is 12.0 Å². The van der Waals surface area contributed by atoms with Crippen LogP contribution in [-0.2, 0) is 4.74 Å². The standard InChI is InChI=1S/C18H18Cl2N2O4/c1-24-18(23)22-21-12-13-10-14(19)11-16(20)17(13)26-9-5-8-25-15-6-3-2-4-7-15/h2-4,6-7,10-12H,5,8-9H2,1H3,(H,22,23). The molecular formula is C18H18Cl2N2O4. The summed E-state index contributed by atoms with van der Waals surface area (Å²) in [5.41, 5.74) is 2.72. The number of nitrogens with zero attached hydrogens (tertiary/aromatic N) is 1. The smallest absolute Gasteiger partial charge is 0.427 e. The van der Waals surface area contributed by atoms with Crippen molar-refractivity contribution in [3.05, 3.63) is 58.1 Å². The molecule has 0 aromatic heterocycles. The molecule has 0 aliphatic heterocycles. The number of carbonyl (C=O) groups is 1. The quantitative estimate of drug-likeness (QED) is 0.404. The highest BCUT2D eigenvalue weighted by Gasteiger charge is 2.10. The van der Waals surface area contributed by atoms with Gasteiger partial charge in [-0.1, -0.05) is 41.4 Å². The van der Waals surface area contributed by atoms with Crippen LogP contribution in [0.15, 0.2) is 47.6 Å². The number of hydrogen-bond acceptors (Lipinski definition) is 5. The van der Waals surface area contributed by atoms with Crippen molar-refractivity contribution < 1.29 is 19.0 Å². The highest BCUT2D eigenvalue weighted by molar-refractivity contribution is 6.36. The summed E-state index contributed by atoms with van der Waals surface area (Å²) in [5, 5.41) is 4.54. The third-order valence-electron chi connectivity index (χ3n) is 3.13. The Balaban J connectivity index is 1.91. The average Bonchev–Trinajstić information content (AvgIpc) is 2.63. The summed E-state index contributed by atoms with van der Waals surface area (Å²) >= 11 is 12.2. The number of halogens is 2. The molecule has 0 spiro atoms. The Morgan fingerprint density at radius 2 is 1.88 bits per heavy atom. The lowest BCUT2D eigenvalue weighted by Gasteiger charge is -2.12. The zero-order valence-electron chi connectivity index (χ0n) is 14.1. The van der Waals surface area contributed by atoms with E-state index in [1.54, 1.807) is 12.1 Å². The van der Waals surface area contributed by atoms with Crippen molar-refractivity contribution in [2.24, 2.45) is 5.10 Å². The van der Waals surface area contributed by atoms with Gasteiger partial charge in [0.1, 0.15) is 11.5 Å². The molecule has 2 aromatic carbocycles. The Hall–Kier alpha value is -2.44. The number of hydrazone groups is 1. The van der Waals surface area contributed by atoms with E-state index >= 15 is 0 Å². The van der Waals surface area contributed by atoms with E-state index in [4.69, 9.17) is 32.7 Å². The van der Waals surface area contributed by atoms with Crippen LogP contribution in [0.5, 0.6) is 11.5 Å². The SMILES string of the molecule is COC(=O)NN=Cc1cc(Cl)cc(Cl)c1OCCCOc1ccccc1. The van der Waals surface area contributed by atoms with Crippen molar-refractivity contribution in [2.75, 3.05) is 20.3 Å². The zero-order chi connectivity index (χ0) is 18.8. The van der Waals surface area contributed by atoms with Crippen LogP contribution in [0.4, 0.5) is 4.79 Å². The van der Waals surface area contributed by atoms with E-state index in [-0.39, 0.29) is 0 Å². The van der Waals surface area contributed by atoms with E-state index in [2.05, 4.69) is 15.3 Å². The van der Waals surface area contributed by atoms with Crippen LogP contribution in [0, 0.1) is 0 Å². The highest BCUT2D eigenvalue weighted by Crippen LogP contribution is 2.31. The first-order valence-electron chi connectivity index (χ1n) is 7.77. The maximum atomic E-state index is 11.0. The van der Waals surface area contributed by atoms with Crippen molar-refractivity contribution >= 4 is 35.5 Å². The molecule has 0 radical (unpaired) electrons. The van der Waals surface area contributed by atoms with Crippen LogP contribution in [-0.4, -0.2) is 32.6 Å². The third-order valence-corrected chi connectivity index (χ3v) is 3.63. The number of benzene rings is 2. The van der Waals surface area contributed by atoms with Crippen LogP contribution in [0.25, 0.3) is 0 Å². The summed E-state index contributed by atoms with van der Waals surface area (Å²) in [5.74, 6) is 1.23. The van der Waals surface area contributed by atoms with Gasteiger partial charge in [-0.3, -0.25) is 0 Å². The van der Waals surface area contributed by atoms with Gasteiger partial charge in [-0.15, -0.1) is 0 Å². The van der Waals surface area contributed by atoms with E-state index in [1.807, 2.05) is 30.3 Å². The first-order chi connectivity index (χ1) is 12.6. The molecule has 8 heteroatoms. The van der Waals surface area contributed by atoms with Gasteiger partial charge in [0, 0.05) is 17.0 Å². The molecule has 0 aliphatic rings. The molecule has 0 aliphatic carbocycles. The van der Waals surface area contributed by atoms with Crippen LogP contribution in [0.2, 0.25) is 10.0 Å². The van der Waals surface area contributed by atoms with Crippen LogP contribution in [0.3, 0.4) is 0 Å². The lowest BCUT2D eigenvalue weighted by atomic mass is 10.2. The van der Waals surface area contributed by atoms with Gasteiger partial charge in [-0.05, 0) is 24.3 Å². The van der Waals surface area contributed by atoms with E-state index < -0.39 is 6.09 Å². The molecule has 0 heterocycles. The number of hydrogen-bond donors (Lipinski definition) is 1. The van der Waals surface area contributed by atoms with E-state index in [0.717, 1.165) is 5.75 Å². The van der Waals surface area contributed by atoms with E-state index in [1.165, 1.54) is 13.3 Å². The Morgan fingerprint density at radius 3 is 2.62 bits per heavy atom. The predicted molar refractivity (Wildman–Crippen MR) is 102 cm³/mol. The summed E-state index contributed by atoms with van der Waals surface area (Å²) in [6.45, 7) is 0.891. The lowest BCUT2D eigenvalue weighted by molar-refractivity contribution is 0.171. The second-order valence-electron chi connectivity index (χ2n) is 5.03. The van der Waals surface area contributed by atoms with Gasteiger partial charge in [-0.2, -0.15) is 5.10 Å². The van der Waals surface area contributed by atoms with Gasteiger partial charge in [0.05, 0.1) is 31.6 Å². The summed E-state index contributed by atoms with van der Waals surface area (Å²) in [7, 11) is 1.24. The number of nitrogens with one attached hydrogen (secondary N) is 1. The molecule has 0 saturated heterocycles. The predicted octanol–water partition coefficient (Wildman–Crippen LogP) is 4.53. The Kier molecular flexibility index (Phi) is 8.05. The van der Waals surface area contributed by atoms with Gasteiger partial charge < -0.3 is 14.2 Å². The van der Waals surface area contributed by atoms with Crippen molar-refractivity contribution in [3.63, 3.8) is 0 Å². The van der Waals surface area contributed by atoms with Gasteiger partial charge in [0.2, 0.25) is 0 Å². The fourth-order valence-corrected chi connectivity index (χ4v) is 2.53. The first kappa shape index (κ1) is 19.9. The van der Waals surface area contributed by atoms with Crippen LogP contribution < -0.4 is 14.9 Å². The number of ether oxygens (including phenoxy) is 3. The maximum Gasteiger partial charge on any atom is 0.427 e. The fourth-order valence-electron chi connectivity index (χ4n) is 1.97. The van der Waals surface area contributed by atoms with Crippen molar-refractivity contribution in [3.8, 4) is 11.5 Å². The Morgan fingerprint density at radius 1 is 1.15 bits per heavy atom. The number of rotatable bonds is 8. The van der Waals surface area contributed by atoms with Gasteiger partial charge in [0.25, 0.3) is 0 Å². The fraction of sp³-hybridized carbons (Fsp3) is 0.222. The Bertz CT molecular complexity index is 754. The number of para-hydroxylation sites is 1. The molecule has 1 amide bonds. The van der Waals surface area contributed by atoms with Crippen molar-refractivity contribution in [1.82, 2.24) is 5.43 Å². The highest BCUT2D eigenvalue weighted by atomic mass is 35.5. The lowest BCUT2D eigenvalue weighted by Crippen LogP contribution is -2.16. The molecule has 0 unspecified atom stereocenters. The molecule has 0 saturated carbocycles. The number of amides is 1. The average molecular weight is 397 g/mol. The molecule has 2 aromatic rings. The summed E-state index contributed by atoms with van der Waals surface area (Å²) in [4.78, 5) is 11.0. The van der Waals surface area contributed by atoms with Crippen LogP contribution >= 0.6 is 23.2 Å². The maximum absolute atomic E-state index is 11.0. The number of methoxy groups -OCH3 is 1.